The molecule has 0 fully saturated rings. The first-order valence-corrected chi connectivity index (χ1v) is 13.1. The molecule has 7 nitrogen and oxygen atoms in total. The van der Waals surface area contributed by atoms with Crippen molar-refractivity contribution in [2.24, 2.45) is 5.10 Å². The molecule has 0 heterocycles. The molecule has 188 valence electrons. The molecule has 4 rings (SSSR count). The van der Waals surface area contributed by atoms with Crippen LogP contribution in [0.5, 0.6) is 5.75 Å². The van der Waals surface area contributed by atoms with Gasteiger partial charge in [0.15, 0.2) is 0 Å². The molecule has 0 saturated heterocycles. The van der Waals surface area contributed by atoms with E-state index in [-0.39, 0.29) is 22.7 Å². The summed E-state index contributed by atoms with van der Waals surface area (Å²) in [6.07, 6.45) is 1.43. The van der Waals surface area contributed by atoms with Gasteiger partial charge in [0.05, 0.1) is 36.0 Å². The van der Waals surface area contributed by atoms with Crippen molar-refractivity contribution in [1.82, 2.24) is 5.43 Å². The number of para-hydroxylation sites is 1. The SMILES string of the molecule is COc1ccc(S(=O)(=O)N(Cc2ccccc2)c2ccccc2C(=O)N/N=C\c2ccccc2Cl)cc1. The zero-order valence-corrected chi connectivity index (χ0v) is 21.5. The van der Waals surface area contributed by atoms with Gasteiger partial charge in [0.2, 0.25) is 0 Å². The highest BCUT2D eigenvalue weighted by atomic mass is 35.5. The average molecular weight is 534 g/mol. The van der Waals surface area contributed by atoms with Crippen LogP contribution in [0.2, 0.25) is 5.02 Å². The molecule has 0 bridgehead atoms. The lowest BCUT2D eigenvalue weighted by atomic mass is 10.1. The van der Waals surface area contributed by atoms with Crippen LogP contribution in [0.1, 0.15) is 21.5 Å². The number of anilines is 1. The van der Waals surface area contributed by atoms with Crippen molar-refractivity contribution in [3.63, 3.8) is 0 Å². The van der Waals surface area contributed by atoms with Gasteiger partial charge in [-0.05, 0) is 48.0 Å². The summed E-state index contributed by atoms with van der Waals surface area (Å²) in [6, 6.07) is 28.8. The lowest BCUT2D eigenvalue weighted by Crippen LogP contribution is -2.33. The number of nitrogens with zero attached hydrogens (tertiary/aromatic N) is 2. The van der Waals surface area contributed by atoms with E-state index >= 15 is 0 Å². The van der Waals surface area contributed by atoms with Crippen LogP contribution < -0.4 is 14.5 Å². The van der Waals surface area contributed by atoms with Gasteiger partial charge in [-0.2, -0.15) is 5.10 Å². The second kappa shape index (κ2) is 11.7. The Morgan fingerprint density at radius 3 is 2.27 bits per heavy atom. The van der Waals surface area contributed by atoms with Gasteiger partial charge in [-0.1, -0.05) is 72.3 Å². The van der Waals surface area contributed by atoms with Crippen LogP contribution in [-0.2, 0) is 16.6 Å². The summed E-state index contributed by atoms with van der Waals surface area (Å²) in [4.78, 5) is 13.2. The Balaban J connectivity index is 1.71. The van der Waals surface area contributed by atoms with Gasteiger partial charge in [-0.3, -0.25) is 9.10 Å². The van der Waals surface area contributed by atoms with Gasteiger partial charge in [0, 0.05) is 10.6 Å². The van der Waals surface area contributed by atoms with Crippen molar-refractivity contribution >= 4 is 39.4 Å². The summed E-state index contributed by atoms with van der Waals surface area (Å²) >= 11 is 6.14. The highest BCUT2D eigenvalue weighted by molar-refractivity contribution is 7.92. The number of hydrogen-bond donors (Lipinski definition) is 1. The number of sulfonamides is 1. The molecule has 0 aliphatic rings. The van der Waals surface area contributed by atoms with E-state index in [0.29, 0.717) is 16.3 Å². The molecule has 0 unspecified atom stereocenters. The largest absolute Gasteiger partial charge is 0.497 e. The van der Waals surface area contributed by atoms with Gasteiger partial charge in [0.1, 0.15) is 5.75 Å². The molecule has 4 aromatic rings. The summed E-state index contributed by atoms with van der Waals surface area (Å²) in [6.45, 7) is 0.0163. The first-order chi connectivity index (χ1) is 17.9. The Kier molecular flexibility index (Phi) is 8.22. The quantitative estimate of drug-likeness (QED) is 0.227. The first-order valence-electron chi connectivity index (χ1n) is 11.3. The molecule has 0 saturated carbocycles. The molecule has 4 aromatic carbocycles. The number of halogens is 1. The van der Waals surface area contributed by atoms with Gasteiger partial charge in [-0.25, -0.2) is 13.8 Å². The lowest BCUT2D eigenvalue weighted by molar-refractivity contribution is 0.0955. The van der Waals surface area contributed by atoms with E-state index in [1.54, 1.807) is 60.7 Å². The molecule has 37 heavy (non-hydrogen) atoms. The maximum Gasteiger partial charge on any atom is 0.273 e. The van der Waals surface area contributed by atoms with E-state index in [1.165, 1.54) is 29.8 Å². The van der Waals surface area contributed by atoms with E-state index in [9.17, 15) is 13.2 Å². The lowest BCUT2D eigenvalue weighted by Gasteiger charge is -2.26. The zero-order chi connectivity index (χ0) is 26.3. The fraction of sp³-hybridized carbons (Fsp3) is 0.0714. The van der Waals surface area contributed by atoms with Crippen LogP contribution >= 0.6 is 11.6 Å². The number of benzene rings is 4. The molecule has 0 aromatic heterocycles. The van der Waals surface area contributed by atoms with E-state index in [4.69, 9.17) is 16.3 Å². The summed E-state index contributed by atoms with van der Waals surface area (Å²) < 4.78 is 34.1. The van der Waals surface area contributed by atoms with Crippen LogP contribution in [0.3, 0.4) is 0 Å². The number of carbonyl (C=O) groups excluding carboxylic acids is 1. The number of methoxy groups -OCH3 is 1. The molecular weight excluding hydrogens is 510 g/mol. The molecule has 0 aliphatic heterocycles. The summed E-state index contributed by atoms with van der Waals surface area (Å²) in [5.74, 6) is -0.0355. The molecule has 9 heteroatoms. The van der Waals surface area contributed by atoms with E-state index in [2.05, 4.69) is 10.5 Å². The fourth-order valence-corrected chi connectivity index (χ4v) is 5.26. The number of hydrogen-bond acceptors (Lipinski definition) is 5. The highest BCUT2D eigenvalue weighted by Gasteiger charge is 2.28. The Morgan fingerprint density at radius 2 is 1.57 bits per heavy atom. The van der Waals surface area contributed by atoms with Crippen LogP contribution in [-0.4, -0.2) is 27.6 Å². The summed E-state index contributed by atoms with van der Waals surface area (Å²) in [5, 5.41) is 4.50. The molecule has 0 atom stereocenters. The third-order valence-electron chi connectivity index (χ3n) is 5.51. The summed E-state index contributed by atoms with van der Waals surface area (Å²) in [5.41, 5.74) is 4.22. The van der Waals surface area contributed by atoms with Crippen molar-refractivity contribution in [2.45, 2.75) is 11.4 Å². The van der Waals surface area contributed by atoms with Crippen LogP contribution in [0.4, 0.5) is 5.69 Å². The predicted molar refractivity (Wildman–Crippen MR) is 146 cm³/mol. The van der Waals surface area contributed by atoms with Crippen LogP contribution in [0.15, 0.2) is 113 Å². The standard InChI is InChI=1S/C28H24ClN3O4S/c1-36-23-15-17-24(18-16-23)37(34,35)32(20-21-9-3-2-4-10-21)27-14-8-6-12-25(27)28(33)31-30-19-22-11-5-7-13-26(22)29/h2-19H,20H2,1H3,(H,31,33)/b30-19-. The molecule has 0 radical (unpaired) electrons. The van der Waals surface area contributed by atoms with Crippen LogP contribution in [0.25, 0.3) is 0 Å². The van der Waals surface area contributed by atoms with Crippen LogP contribution in [0, 0.1) is 0 Å². The molecule has 1 N–H and O–H groups in total. The number of carbonyl (C=O) groups is 1. The van der Waals surface area contributed by atoms with Gasteiger partial charge in [0.25, 0.3) is 15.9 Å². The topological polar surface area (TPSA) is 88.1 Å². The number of rotatable bonds is 9. The third-order valence-corrected chi connectivity index (χ3v) is 7.63. The molecule has 1 amide bonds. The Morgan fingerprint density at radius 1 is 0.919 bits per heavy atom. The monoisotopic (exact) mass is 533 g/mol. The minimum atomic E-state index is -4.06. The van der Waals surface area contributed by atoms with E-state index < -0.39 is 15.9 Å². The van der Waals surface area contributed by atoms with Crippen molar-refractivity contribution in [1.29, 1.82) is 0 Å². The Bertz CT molecular complexity index is 1510. The highest BCUT2D eigenvalue weighted by Crippen LogP contribution is 2.30. The van der Waals surface area contributed by atoms with E-state index in [1.807, 2.05) is 30.3 Å². The van der Waals surface area contributed by atoms with Gasteiger partial charge in [-0.15, -0.1) is 0 Å². The van der Waals surface area contributed by atoms with E-state index in [0.717, 1.165) is 5.56 Å². The number of nitrogens with one attached hydrogen (secondary N) is 1. The van der Waals surface area contributed by atoms with Crippen molar-refractivity contribution in [2.75, 3.05) is 11.4 Å². The second-order valence-corrected chi connectivity index (χ2v) is 10.2. The summed E-state index contributed by atoms with van der Waals surface area (Å²) in [7, 11) is -2.55. The molecule has 0 aliphatic carbocycles. The maximum absolute atomic E-state index is 13.9. The fourth-order valence-electron chi connectivity index (χ4n) is 3.61. The zero-order valence-electron chi connectivity index (χ0n) is 19.9. The normalized spacial score (nSPS) is 11.3. The Labute approximate surface area is 221 Å². The van der Waals surface area contributed by atoms with Gasteiger partial charge < -0.3 is 4.74 Å². The number of amides is 1. The van der Waals surface area contributed by atoms with Gasteiger partial charge >= 0.3 is 0 Å². The average Bonchev–Trinajstić information content (AvgIpc) is 2.93. The van der Waals surface area contributed by atoms with Crippen molar-refractivity contribution in [3.8, 4) is 5.75 Å². The smallest absolute Gasteiger partial charge is 0.273 e. The molecular formula is C28H24ClN3O4S. The van der Waals surface area contributed by atoms with Crippen molar-refractivity contribution in [3.05, 3.63) is 125 Å². The molecule has 0 spiro atoms. The first kappa shape index (κ1) is 25.9. The minimum Gasteiger partial charge on any atom is -0.497 e. The predicted octanol–water partition coefficient (Wildman–Crippen LogP) is 5.51. The third kappa shape index (κ3) is 6.17. The minimum absolute atomic E-state index is 0.0163. The number of hydrazone groups is 1. The number of ether oxygens (including phenoxy) is 1. The Hall–Kier alpha value is -4.14. The maximum atomic E-state index is 13.9. The van der Waals surface area contributed by atoms with Crippen molar-refractivity contribution < 1.29 is 17.9 Å². The second-order valence-electron chi connectivity index (χ2n) is 7.91.